The molecule has 0 fully saturated rings. The molecule has 1 heterocycles. The Labute approximate surface area is 128 Å². The molecule has 21 heavy (non-hydrogen) atoms. The highest BCUT2D eigenvalue weighted by Gasteiger charge is 2.01. The molecule has 0 saturated carbocycles. The summed E-state index contributed by atoms with van der Waals surface area (Å²) in [5.74, 6) is -0.0150. The molecule has 0 atom stereocenters. The maximum atomic E-state index is 11.7. The fraction of sp³-hybridized carbons (Fsp3) is 0.588. The van der Waals surface area contributed by atoms with Gasteiger partial charge < -0.3 is 0 Å². The maximum absolute atomic E-state index is 11.7. The van der Waals surface area contributed by atoms with Gasteiger partial charge >= 0.3 is 0 Å². The van der Waals surface area contributed by atoms with Gasteiger partial charge in [-0.05, 0) is 25.5 Å². The highest BCUT2D eigenvalue weighted by molar-refractivity contribution is 5.97. The van der Waals surface area contributed by atoms with Gasteiger partial charge in [-0.1, -0.05) is 51.5 Å². The normalized spacial score (nSPS) is 11.4. The van der Waals surface area contributed by atoms with Crippen molar-refractivity contribution < 1.29 is 4.79 Å². The summed E-state index contributed by atoms with van der Waals surface area (Å²) in [7, 11) is 0. The molecule has 0 radical (unpaired) electrons. The van der Waals surface area contributed by atoms with Gasteiger partial charge in [-0.2, -0.15) is 5.10 Å². The van der Waals surface area contributed by atoms with Crippen LogP contribution < -0.4 is 5.43 Å². The third-order valence-electron chi connectivity index (χ3n) is 3.39. The van der Waals surface area contributed by atoms with E-state index in [0.29, 0.717) is 6.42 Å². The second-order valence-electron chi connectivity index (χ2n) is 5.32. The molecule has 1 rings (SSSR count). The van der Waals surface area contributed by atoms with Gasteiger partial charge in [0.05, 0.1) is 11.4 Å². The number of hydrazone groups is 1. The number of carbonyl (C=O) groups excluding carboxylic acids is 1. The molecule has 116 valence electrons. The van der Waals surface area contributed by atoms with E-state index in [1.807, 2.05) is 25.1 Å². The first-order valence-corrected chi connectivity index (χ1v) is 7.98. The summed E-state index contributed by atoms with van der Waals surface area (Å²) in [5, 5.41) is 4.09. The van der Waals surface area contributed by atoms with Crippen LogP contribution in [-0.2, 0) is 4.79 Å². The molecule has 1 aromatic rings. The number of unbranched alkanes of at least 4 members (excludes halogenated alkanes) is 6. The number of nitrogens with one attached hydrogen (secondary N) is 1. The number of rotatable bonds is 10. The Balaban J connectivity index is 2.14. The van der Waals surface area contributed by atoms with Crippen LogP contribution in [0, 0.1) is 0 Å². The molecule has 4 nitrogen and oxygen atoms in total. The second kappa shape index (κ2) is 11.0. The van der Waals surface area contributed by atoms with Crippen molar-refractivity contribution in [3.63, 3.8) is 0 Å². The van der Waals surface area contributed by atoms with Crippen LogP contribution in [0.2, 0.25) is 0 Å². The van der Waals surface area contributed by atoms with Gasteiger partial charge in [0.2, 0.25) is 5.91 Å². The lowest BCUT2D eigenvalue weighted by molar-refractivity contribution is -0.121. The number of carbonyl (C=O) groups is 1. The summed E-state index contributed by atoms with van der Waals surface area (Å²) < 4.78 is 0. The van der Waals surface area contributed by atoms with Crippen molar-refractivity contribution in [3.05, 3.63) is 30.1 Å². The molecule has 0 aliphatic heterocycles. The lowest BCUT2D eigenvalue weighted by atomic mass is 10.1. The van der Waals surface area contributed by atoms with E-state index in [2.05, 4.69) is 22.4 Å². The fourth-order valence-electron chi connectivity index (χ4n) is 2.08. The molecule has 1 aromatic heterocycles. The topological polar surface area (TPSA) is 54.4 Å². The summed E-state index contributed by atoms with van der Waals surface area (Å²) in [4.78, 5) is 15.9. The monoisotopic (exact) mass is 289 g/mol. The van der Waals surface area contributed by atoms with Crippen molar-refractivity contribution >= 4 is 11.6 Å². The Morgan fingerprint density at radius 3 is 2.52 bits per heavy atom. The van der Waals surface area contributed by atoms with Crippen LogP contribution >= 0.6 is 0 Å². The smallest absolute Gasteiger partial charge is 0.240 e. The molecule has 0 spiro atoms. The molecule has 1 amide bonds. The molecule has 4 heteroatoms. The van der Waals surface area contributed by atoms with Crippen molar-refractivity contribution in [2.45, 2.75) is 65.2 Å². The minimum Gasteiger partial charge on any atom is -0.273 e. The van der Waals surface area contributed by atoms with Gasteiger partial charge in [0.25, 0.3) is 0 Å². The lowest BCUT2D eigenvalue weighted by Crippen LogP contribution is -2.19. The quantitative estimate of drug-likeness (QED) is 0.401. The zero-order chi connectivity index (χ0) is 15.3. The van der Waals surface area contributed by atoms with E-state index in [-0.39, 0.29) is 5.91 Å². The van der Waals surface area contributed by atoms with Crippen LogP contribution in [-0.4, -0.2) is 16.6 Å². The Morgan fingerprint density at radius 2 is 1.86 bits per heavy atom. The Bertz CT molecular complexity index is 429. The van der Waals surface area contributed by atoms with Gasteiger partial charge in [-0.3, -0.25) is 9.78 Å². The molecule has 0 bridgehead atoms. The van der Waals surface area contributed by atoms with E-state index in [0.717, 1.165) is 24.2 Å². The average Bonchev–Trinajstić information content (AvgIpc) is 2.52. The summed E-state index contributed by atoms with van der Waals surface area (Å²) in [6, 6.07) is 5.64. The van der Waals surface area contributed by atoms with Crippen molar-refractivity contribution in [1.29, 1.82) is 0 Å². The lowest BCUT2D eigenvalue weighted by Gasteiger charge is -2.03. The molecule has 0 aromatic carbocycles. The molecule has 0 saturated heterocycles. The number of nitrogens with zero attached hydrogens (tertiary/aromatic N) is 2. The van der Waals surface area contributed by atoms with E-state index in [4.69, 9.17) is 0 Å². The largest absolute Gasteiger partial charge is 0.273 e. The van der Waals surface area contributed by atoms with E-state index < -0.39 is 0 Å². The SMILES string of the molecule is CCCCCCCCCC(=O)N/N=C(\C)c1ccccn1. The maximum Gasteiger partial charge on any atom is 0.240 e. The average molecular weight is 289 g/mol. The van der Waals surface area contributed by atoms with Crippen molar-refractivity contribution in [1.82, 2.24) is 10.4 Å². The standard InChI is InChI=1S/C17H27N3O/c1-3-4-5-6-7-8-9-13-17(21)20-19-15(2)16-12-10-11-14-18-16/h10-12,14H,3-9,13H2,1-2H3,(H,20,21)/b19-15+. The molecule has 0 unspecified atom stereocenters. The molecule has 1 N–H and O–H groups in total. The number of hydrogen-bond donors (Lipinski definition) is 1. The van der Waals surface area contributed by atoms with Gasteiger partial charge in [0, 0.05) is 12.6 Å². The third-order valence-corrected chi connectivity index (χ3v) is 3.39. The fourth-order valence-corrected chi connectivity index (χ4v) is 2.08. The second-order valence-corrected chi connectivity index (χ2v) is 5.32. The van der Waals surface area contributed by atoms with E-state index in [9.17, 15) is 4.79 Å². The molecule has 0 aliphatic carbocycles. The first-order chi connectivity index (χ1) is 10.2. The summed E-state index contributed by atoms with van der Waals surface area (Å²) in [6.45, 7) is 4.06. The number of hydrogen-bond acceptors (Lipinski definition) is 3. The number of amides is 1. The molecule has 0 aliphatic rings. The number of pyridine rings is 1. The Hall–Kier alpha value is -1.71. The third kappa shape index (κ3) is 8.23. The predicted octanol–water partition coefficient (Wildman–Crippen LogP) is 4.06. The van der Waals surface area contributed by atoms with E-state index >= 15 is 0 Å². The zero-order valence-corrected chi connectivity index (χ0v) is 13.3. The highest BCUT2D eigenvalue weighted by Crippen LogP contribution is 2.08. The van der Waals surface area contributed by atoms with Crippen LogP contribution in [0.4, 0.5) is 0 Å². The van der Waals surface area contributed by atoms with Gasteiger partial charge in [0.15, 0.2) is 0 Å². The minimum atomic E-state index is -0.0150. The predicted molar refractivity (Wildman–Crippen MR) is 87.2 cm³/mol. The molecular weight excluding hydrogens is 262 g/mol. The number of aromatic nitrogens is 1. The summed E-state index contributed by atoms with van der Waals surface area (Å²) in [5.41, 5.74) is 4.11. The summed E-state index contributed by atoms with van der Waals surface area (Å²) in [6.07, 6.45) is 10.8. The van der Waals surface area contributed by atoms with Crippen molar-refractivity contribution in [2.24, 2.45) is 5.10 Å². The Morgan fingerprint density at radius 1 is 1.14 bits per heavy atom. The van der Waals surface area contributed by atoms with Gasteiger partial charge in [0.1, 0.15) is 0 Å². The minimum absolute atomic E-state index is 0.0150. The van der Waals surface area contributed by atoms with Crippen molar-refractivity contribution in [3.8, 4) is 0 Å². The Kier molecular flexibility index (Phi) is 9.09. The van der Waals surface area contributed by atoms with Gasteiger partial charge in [-0.15, -0.1) is 0 Å². The summed E-state index contributed by atoms with van der Waals surface area (Å²) >= 11 is 0. The van der Waals surface area contributed by atoms with Crippen LogP contribution in [0.25, 0.3) is 0 Å². The van der Waals surface area contributed by atoms with E-state index in [1.54, 1.807) is 6.20 Å². The first kappa shape index (κ1) is 17.3. The van der Waals surface area contributed by atoms with E-state index in [1.165, 1.54) is 32.1 Å². The zero-order valence-electron chi connectivity index (χ0n) is 13.3. The van der Waals surface area contributed by atoms with Crippen molar-refractivity contribution in [2.75, 3.05) is 0 Å². The van der Waals surface area contributed by atoms with Crippen LogP contribution in [0.5, 0.6) is 0 Å². The first-order valence-electron chi connectivity index (χ1n) is 7.98. The van der Waals surface area contributed by atoms with Crippen LogP contribution in [0.15, 0.2) is 29.5 Å². The van der Waals surface area contributed by atoms with Gasteiger partial charge in [-0.25, -0.2) is 5.43 Å². The van der Waals surface area contributed by atoms with Crippen LogP contribution in [0.3, 0.4) is 0 Å². The molecular formula is C17H27N3O. The van der Waals surface area contributed by atoms with Crippen LogP contribution in [0.1, 0.15) is 70.9 Å². The highest BCUT2D eigenvalue weighted by atomic mass is 16.2.